The number of hydrogen-bond donors (Lipinski definition) is 0. The molecule has 0 radical (unpaired) electrons. The molecule has 0 fully saturated rings. The highest BCUT2D eigenvalue weighted by molar-refractivity contribution is 5.86. The molecule has 1 aliphatic rings. The van der Waals surface area contributed by atoms with Gasteiger partial charge in [0.25, 0.3) is 0 Å². The first-order chi connectivity index (χ1) is 8.18. The molecule has 2 aromatic rings. The number of fused-ring (bicyclic) bond motifs is 1. The number of benzene rings is 1. The van der Waals surface area contributed by atoms with Gasteiger partial charge in [-0.1, -0.05) is 18.2 Å². The maximum Gasteiger partial charge on any atom is 0.137 e. The summed E-state index contributed by atoms with van der Waals surface area (Å²) in [6, 6.07) is 6.46. The average Bonchev–Trinajstić information content (AvgIpc) is 2.87. The number of rotatable bonds is 1. The predicted octanol–water partition coefficient (Wildman–Crippen LogP) is 4.52. The maximum atomic E-state index is 5.68. The fourth-order valence-electron chi connectivity index (χ4n) is 2.66. The Kier molecular flexibility index (Phi) is 2.22. The van der Waals surface area contributed by atoms with E-state index in [0.717, 1.165) is 12.2 Å². The maximum absolute atomic E-state index is 5.68. The van der Waals surface area contributed by atoms with Crippen LogP contribution in [0.15, 0.2) is 35.0 Å². The summed E-state index contributed by atoms with van der Waals surface area (Å²) in [5.41, 5.74) is 7.94. The topological polar surface area (TPSA) is 13.1 Å². The van der Waals surface area contributed by atoms with Gasteiger partial charge in [0.15, 0.2) is 0 Å². The van der Waals surface area contributed by atoms with E-state index in [1.54, 1.807) is 6.26 Å². The minimum atomic E-state index is 1.02. The molecule has 1 heterocycles. The van der Waals surface area contributed by atoms with E-state index in [9.17, 15) is 0 Å². The first-order valence-corrected chi connectivity index (χ1v) is 6.02. The van der Waals surface area contributed by atoms with Crippen LogP contribution < -0.4 is 0 Å². The van der Waals surface area contributed by atoms with E-state index in [1.807, 2.05) is 6.07 Å². The van der Waals surface area contributed by atoms with Gasteiger partial charge in [-0.25, -0.2) is 0 Å². The van der Waals surface area contributed by atoms with Crippen LogP contribution in [0.3, 0.4) is 0 Å². The van der Waals surface area contributed by atoms with Crippen molar-refractivity contribution in [1.82, 2.24) is 0 Å². The van der Waals surface area contributed by atoms with E-state index < -0.39 is 0 Å². The quantitative estimate of drug-likeness (QED) is 0.694. The van der Waals surface area contributed by atoms with Gasteiger partial charge in [0, 0.05) is 5.56 Å². The molecule has 1 nitrogen and oxygen atoms in total. The lowest BCUT2D eigenvalue weighted by Crippen LogP contribution is -1.93. The average molecular weight is 224 g/mol. The fourth-order valence-corrected chi connectivity index (χ4v) is 2.66. The van der Waals surface area contributed by atoms with Gasteiger partial charge in [0.1, 0.15) is 5.76 Å². The van der Waals surface area contributed by atoms with Gasteiger partial charge in [-0.15, -0.1) is 0 Å². The Hall–Kier alpha value is -1.76. The van der Waals surface area contributed by atoms with Crippen molar-refractivity contribution in [3.63, 3.8) is 0 Å². The zero-order chi connectivity index (χ0) is 12.0. The lowest BCUT2D eigenvalue weighted by molar-refractivity contribution is 0.580. The van der Waals surface area contributed by atoms with Crippen molar-refractivity contribution in [2.75, 3.05) is 0 Å². The van der Waals surface area contributed by atoms with Crippen molar-refractivity contribution in [2.45, 2.75) is 27.2 Å². The number of aryl methyl sites for hydroxylation is 2. The van der Waals surface area contributed by atoms with Crippen LogP contribution >= 0.6 is 0 Å². The summed E-state index contributed by atoms with van der Waals surface area (Å²) in [7, 11) is 0. The van der Waals surface area contributed by atoms with Crippen LogP contribution in [0.2, 0.25) is 0 Å². The number of allylic oxidation sites excluding steroid dienone is 2. The molecule has 3 rings (SSSR count). The Labute approximate surface area is 102 Å². The third-order valence-corrected chi connectivity index (χ3v) is 3.61. The molecule has 0 unspecified atom stereocenters. The largest absolute Gasteiger partial charge is 0.464 e. The Morgan fingerprint density at radius 3 is 2.47 bits per heavy atom. The van der Waals surface area contributed by atoms with Crippen molar-refractivity contribution >= 4 is 5.57 Å². The van der Waals surface area contributed by atoms with E-state index in [1.165, 1.54) is 33.4 Å². The summed E-state index contributed by atoms with van der Waals surface area (Å²) in [4.78, 5) is 0. The predicted molar refractivity (Wildman–Crippen MR) is 71.0 cm³/mol. The highest BCUT2D eigenvalue weighted by Crippen LogP contribution is 2.39. The van der Waals surface area contributed by atoms with Crippen molar-refractivity contribution in [2.24, 2.45) is 0 Å². The summed E-state index contributed by atoms with van der Waals surface area (Å²) < 4.78 is 5.68. The molecule has 1 aromatic carbocycles. The Morgan fingerprint density at radius 2 is 1.76 bits per heavy atom. The summed E-state index contributed by atoms with van der Waals surface area (Å²) in [6.45, 7) is 6.45. The molecule has 0 spiro atoms. The van der Waals surface area contributed by atoms with E-state index >= 15 is 0 Å². The normalized spacial score (nSPS) is 13.7. The molecule has 1 aromatic heterocycles. The molecule has 17 heavy (non-hydrogen) atoms. The van der Waals surface area contributed by atoms with Crippen LogP contribution in [0.4, 0.5) is 0 Å². The summed E-state index contributed by atoms with van der Waals surface area (Å²) in [5, 5.41) is 0. The van der Waals surface area contributed by atoms with Crippen LogP contribution in [-0.4, -0.2) is 0 Å². The first-order valence-electron chi connectivity index (χ1n) is 6.02. The van der Waals surface area contributed by atoms with Gasteiger partial charge in [-0.2, -0.15) is 0 Å². The fraction of sp³-hybridized carbons (Fsp3) is 0.250. The second kappa shape index (κ2) is 3.63. The minimum absolute atomic E-state index is 1.02. The van der Waals surface area contributed by atoms with Gasteiger partial charge in [0.05, 0.1) is 6.26 Å². The number of furan rings is 1. The Balaban J connectivity index is 2.34. The zero-order valence-electron chi connectivity index (χ0n) is 10.5. The second-order valence-electron chi connectivity index (χ2n) is 4.82. The van der Waals surface area contributed by atoms with Gasteiger partial charge in [0.2, 0.25) is 0 Å². The van der Waals surface area contributed by atoms with Crippen molar-refractivity contribution in [3.8, 4) is 11.3 Å². The summed E-state index contributed by atoms with van der Waals surface area (Å²) >= 11 is 0. The molecule has 1 aliphatic carbocycles. The molecule has 0 aliphatic heterocycles. The van der Waals surface area contributed by atoms with Crippen LogP contribution in [0.1, 0.15) is 29.2 Å². The molecule has 0 saturated heterocycles. The van der Waals surface area contributed by atoms with Crippen LogP contribution in [0.25, 0.3) is 16.9 Å². The molecule has 0 atom stereocenters. The molecule has 0 bridgehead atoms. The molecule has 0 saturated carbocycles. The minimum Gasteiger partial charge on any atom is -0.464 e. The van der Waals surface area contributed by atoms with Gasteiger partial charge < -0.3 is 4.42 Å². The summed E-state index contributed by atoms with van der Waals surface area (Å²) in [5.74, 6) is 1.02. The molecule has 86 valence electrons. The van der Waals surface area contributed by atoms with E-state index in [4.69, 9.17) is 4.42 Å². The lowest BCUT2D eigenvalue weighted by atomic mass is 9.92. The van der Waals surface area contributed by atoms with Crippen LogP contribution in [0, 0.1) is 13.8 Å². The zero-order valence-corrected chi connectivity index (χ0v) is 10.5. The number of hydrogen-bond acceptors (Lipinski definition) is 1. The van der Waals surface area contributed by atoms with Crippen molar-refractivity contribution < 1.29 is 4.42 Å². The third kappa shape index (κ3) is 1.46. The highest BCUT2D eigenvalue weighted by atomic mass is 16.3. The molecular formula is C16H16O. The SMILES string of the molecule is CC1=CCc2ccc(C)c(-c3occc3C)c21. The molecule has 0 amide bonds. The van der Waals surface area contributed by atoms with Crippen molar-refractivity contribution in [1.29, 1.82) is 0 Å². The smallest absolute Gasteiger partial charge is 0.137 e. The highest BCUT2D eigenvalue weighted by Gasteiger charge is 2.20. The van der Waals surface area contributed by atoms with Gasteiger partial charge >= 0.3 is 0 Å². The third-order valence-electron chi connectivity index (χ3n) is 3.61. The van der Waals surface area contributed by atoms with Gasteiger partial charge in [-0.3, -0.25) is 0 Å². The Bertz CT molecular complexity index is 614. The summed E-state index contributed by atoms with van der Waals surface area (Å²) in [6.07, 6.45) is 5.12. The van der Waals surface area contributed by atoms with E-state index in [-0.39, 0.29) is 0 Å². The van der Waals surface area contributed by atoms with E-state index in [2.05, 4.69) is 39.0 Å². The first kappa shape index (κ1) is 10.4. The standard InChI is InChI=1S/C16H16O/c1-10-4-6-13-7-5-11(2)15(14(10)13)16-12(3)8-9-17-16/h4-5,7-9H,6H2,1-3H3. The molecule has 0 N–H and O–H groups in total. The van der Waals surface area contributed by atoms with Crippen LogP contribution in [0.5, 0.6) is 0 Å². The Morgan fingerprint density at radius 1 is 0.941 bits per heavy atom. The van der Waals surface area contributed by atoms with Gasteiger partial charge in [-0.05, 0) is 61.1 Å². The molecular weight excluding hydrogens is 208 g/mol. The molecule has 1 heteroatoms. The van der Waals surface area contributed by atoms with Crippen LogP contribution in [-0.2, 0) is 6.42 Å². The van der Waals surface area contributed by atoms with Crippen molar-refractivity contribution in [3.05, 3.63) is 52.8 Å². The monoisotopic (exact) mass is 224 g/mol. The van der Waals surface area contributed by atoms with E-state index in [0.29, 0.717) is 0 Å². The lowest BCUT2D eigenvalue weighted by Gasteiger charge is -2.12. The second-order valence-corrected chi connectivity index (χ2v) is 4.82.